The lowest BCUT2D eigenvalue weighted by Gasteiger charge is -2.38. The zero-order chi connectivity index (χ0) is 16.5. The molecule has 0 bridgehead atoms. The number of carbonyl (C=O) groups is 1. The fourth-order valence-electron chi connectivity index (χ4n) is 3.80. The molecular weight excluding hydrogens is 340 g/mol. The van der Waals surface area contributed by atoms with E-state index in [2.05, 4.69) is 33.9 Å². The van der Waals surface area contributed by atoms with Crippen LogP contribution in [0.2, 0.25) is 0 Å². The summed E-state index contributed by atoms with van der Waals surface area (Å²) in [4.78, 5) is 19.8. The topological polar surface area (TPSA) is 43.8 Å². The molecular formula is C18H22N2O2S2. The van der Waals surface area contributed by atoms with Gasteiger partial charge in [-0.05, 0) is 54.3 Å². The quantitative estimate of drug-likeness (QED) is 0.913. The van der Waals surface area contributed by atoms with Crippen molar-refractivity contribution in [1.82, 2.24) is 9.80 Å². The average molecular weight is 363 g/mol. The molecule has 24 heavy (non-hydrogen) atoms. The highest BCUT2D eigenvalue weighted by atomic mass is 32.1. The van der Waals surface area contributed by atoms with Crippen molar-refractivity contribution in [3.63, 3.8) is 0 Å². The molecule has 2 aromatic rings. The third-order valence-electron chi connectivity index (χ3n) is 4.94. The van der Waals surface area contributed by atoms with E-state index in [9.17, 15) is 9.90 Å². The summed E-state index contributed by atoms with van der Waals surface area (Å²) in [7, 11) is 0. The molecule has 4 nitrogen and oxygen atoms in total. The largest absolute Gasteiger partial charge is 0.392 e. The minimum Gasteiger partial charge on any atom is -0.392 e. The summed E-state index contributed by atoms with van der Waals surface area (Å²) in [5.41, 5.74) is 1.29. The number of β-amino-alcohol motifs (C(OH)–C–C–N with tert-alkyl or cyclic N) is 1. The van der Waals surface area contributed by atoms with Gasteiger partial charge in [0.1, 0.15) is 0 Å². The Balaban J connectivity index is 1.56. The first-order valence-corrected chi connectivity index (χ1v) is 10.3. The molecule has 6 heteroatoms. The Morgan fingerprint density at radius 2 is 2.17 bits per heavy atom. The first kappa shape index (κ1) is 16.3. The number of carbonyl (C=O) groups excluding carboxylic acids is 1. The lowest BCUT2D eigenvalue weighted by Crippen LogP contribution is -2.48. The van der Waals surface area contributed by atoms with Crippen LogP contribution in [0.4, 0.5) is 0 Å². The van der Waals surface area contributed by atoms with E-state index in [1.54, 1.807) is 22.7 Å². The molecule has 0 spiro atoms. The first-order valence-electron chi connectivity index (χ1n) is 8.52. The van der Waals surface area contributed by atoms with Crippen LogP contribution in [0.5, 0.6) is 0 Å². The Hall–Kier alpha value is -1.21. The van der Waals surface area contributed by atoms with Crippen LogP contribution in [0.3, 0.4) is 0 Å². The number of piperidine rings is 1. The van der Waals surface area contributed by atoms with Crippen LogP contribution in [0, 0.1) is 0 Å². The van der Waals surface area contributed by atoms with E-state index >= 15 is 0 Å². The molecule has 0 radical (unpaired) electrons. The van der Waals surface area contributed by atoms with Gasteiger partial charge in [-0.3, -0.25) is 9.69 Å². The van der Waals surface area contributed by atoms with Gasteiger partial charge in [0.25, 0.3) is 0 Å². The number of aliphatic hydroxyl groups is 1. The summed E-state index contributed by atoms with van der Waals surface area (Å²) in [6.07, 6.45) is 2.48. The van der Waals surface area contributed by atoms with Crippen molar-refractivity contribution in [3.8, 4) is 0 Å². The highest BCUT2D eigenvalue weighted by Gasteiger charge is 2.34. The smallest absolute Gasteiger partial charge is 0.237 e. The van der Waals surface area contributed by atoms with E-state index in [0.717, 1.165) is 32.4 Å². The maximum Gasteiger partial charge on any atom is 0.237 e. The van der Waals surface area contributed by atoms with Gasteiger partial charge in [0.2, 0.25) is 5.91 Å². The molecule has 4 heterocycles. The number of thiophene rings is 2. The van der Waals surface area contributed by atoms with Gasteiger partial charge in [0.15, 0.2) is 0 Å². The van der Waals surface area contributed by atoms with E-state index in [0.29, 0.717) is 13.1 Å². The third-order valence-corrected chi connectivity index (χ3v) is 6.86. The second-order valence-electron chi connectivity index (χ2n) is 6.59. The Bertz CT molecular complexity index is 698. The molecule has 2 aromatic heterocycles. The Labute approximate surface area is 150 Å². The molecule has 1 fully saturated rings. The molecule has 2 aliphatic rings. The zero-order valence-corrected chi connectivity index (χ0v) is 15.2. The Morgan fingerprint density at radius 1 is 1.25 bits per heavy atom. The van der Waals surface area contributed by atoms with Gasteiger partial charge in [-0.2, -0.15) is 0 Å². The molecule has 1 amide bonds. The summed E-state index contributed by atoms with van der Waals surface area (Å²) in [6, 6.07) is 6.42. The van der Waals surface area contributed by atoms with E-state index in [1.165, 1.54) is 15.3 Å². The minimum absolute atomic E-state index is 0.0576. The second-order valence-corrected chi connectivity index (χ2v) is 8.57. The van der Waals surface area contributed by atoms with Gasteiger partial charge in [-0.25, -0.2) is 0 Å². The minimum atomic E-state index is -0.288. The molecule has 2 atom stereocenters. The number of hydrogen-bond donors (Lipinski definition) is 1. The van der Waals surface area contributed by atoms with Crippen molar-refractivity contribution in [2.24, 2.45) is 0 Å². The lowest BCUT2D eigenvalue weighted by molar-refractivity contribution is -0.135. The van der Waals surface area contributed by atoms with E-state index in [-0.39, 0.29) is 18.1 Å². The molecule has 1 N–H and O–H groups in total. The van der Waals surface area contributed by atoms with Crippen LogP contribution in [0.1, 0.15) is 34.2 Å². The van der Waals surface area contributed by atoms with Crippen molar-refractivity contribution >= 4 is 28.6 Å². The molecule has 0 aliphatic carbocycles. The van der Waals surface area contributed by atoms with Crippen molar-refractivity contribution in [3.05, 3.63) is 44.3 Å². The maximum absolute atomic E-state index is 13.0. The number of aliphatic hydroxyl groups excluding tert-OH is 1. The van der Waals surface area contributed by atoms with Gasteiger partial charge in [-0.1, -0.05) is 6.07 Å². The van der Waals surface area contributed by atoms with Crippen LogP contribution in [0.25, 0.3) is 0 Å². The summed E-state index contributed by atoms with van der Waals surface area (Å²) >= 11 is 3.52. The monoisotopic (exact) mass is 362 g/mol. The van der Waals surface area contributed by atoms with Crippen LogP contribution in [0.15, 0.2) is 29.0 Å². The number of amides is 1. The zero-order valence-electron chi connectivity index (χ0n) is 13.6. The molecule has 1 saturated heterocycles. The summed E-state index contributed by atoms with van der Waals surface area (Å²) in [5.74, 6) is 0.180. The predicted octanol–water partition coefficient (Wildman–Crippen LogP) is 2.74. The summed E-state index contributed by atoms with van der Waals surface area (Å²) < 4.78 is 0. The number of likely N-dealkylation sites (tertiary alicyclic amines) is 1. The molecule has 2 aliphatic heterocycles. The normalized spacial score (nSPS) is 24.8. The summed E-state index contributed by atoms with van der Waals surface area (Å²) in [6.45, 7) is 2.72. The molecule has 0 saturated carbocycles. The van der Waals surface area contributed by atoms with Crippen LogP contribution >= 0.6 is 22.7 Å². The van der Waals surface area contributed by atoms with Gasteiger partial charge in [0.05, 0.1) is 18.7 Å². The standard InChI is InChI=1S/C18H22N2O2S2/c21-13-3-1-7-19(11-13)12-17(22)20-8-5-15-14(6-10-24-15)18(20)16-4-2-9-23-16/h2,4,6,9-10,13,18,21H,1,3,5,7-8,11-12H2. The molecule has 128 valence electrons. The Kier molecular flexibility index (Phi) is 4.72. The van der Waals surface area contributed by atoms with E-state index in [1.807, 2.05) is 4.90 Å². The molecule has 2 unspecified atom stereocenters. The molecule has 0 aromatic carbocycles. The van der Waals surface area contributed by atoms with Gasteiger partial charge < -0.3 is 10.0 Å². The second kappa shape index (κ2) is 6.96. The van der Waals surface area contributed by atoms with Crippen molar-refractivity contribution in [2.75, 3.05) is 26.2 Å². The highest BCUT2D eigenvalue weighted by Crippen LogP contribution is 2.39. The number of nitrogens with zero attached hydrogens (tertiary/aromatic N) is 2. The van der Waals surface area contributed by atoms with Crippen LogP contribution < -0.4 is 0 Å². The molecule has 4 rings (SSSR count). The van der Waals surface area contributed by atoms with Gasteiger partial charge in [-0.15, -0.1) is 22.7 Å². The SMILES string of the molecule is O=C(CN1CCCC(O)C1)N1CCc2sccc2C1c1cccs1. The highest BCUT2D eigenvalue weighted by molar-refractivity contribution is 7.10. The number of hydrogen-bond acceptors (Lipinski definition) is 5. The van der Waals surface area contributed by atoms with Crippen molar-refractivity contribution < 1.29 is 9.90 Å². The van der Waals surface area contributed by atoms with E-state index in [4.69, 9.17) is 0 Å². The third kappa shape index (κ3) is 3.16. The van der Waals surface area contributed by atoms with Gasteiger partial charge >= 0.3 is 0 Å². The van der Waals surface area contributed by atoms with Gasteiger partial charge in [0, 0.05) is 22.8 Å². The fraction of sp³-hybridized carbons (Fsp3) is 0.500. The van der Waals surface area contributed by atoms with Crippen molar-refractivity contribution in [1.29, 1.82) is 0 Å². The van der Waals surface area contributed by atoms with Crippen LogP contribution in [-0.4, -0.2) is 53.1 Å². The summed E-state index contributed by atoms with van der Waals surface area (Å²) in [5, 5.41) is 14.1. The van der Waals surface area contributed by atoms with E-state index < -0.39 is 0 Å². The lowest BCUT2D eigenvalue weighted by atomic mass is 9.98. The average Bonchev–Trinajstić information content (AvgIpc) is 3.25. The number of rotatable bonds is 3. The predicted molar refractivity (Wildman–Crippen MR) is 97.6 cm³/mol. The maximum atomic E-state index is 13.0. The van der Waals surface area contributed by atoms with Crippen LogP contribution in [-0.2, 0) is 11.2 Å². The van der Waals surface area contributed by atoms with Crippen molar-refractivity contribution in [2.45, 2.75) is 31.4 Å². The number of fused-ring (bicyclic) bond motifs is 1. The Morgan fingerprint density at radius 3 is 2.96 bits per heavy atom. The first-order chi connectivity index (χ1) is 11.7. The fourth-order valence-corrected chi connectivity index (χ4v) is 5.55.